The fraction of sp³-hybridized carbons (Fsp3) is 0.0877. The van der Waals surface area contributed by atoms with Crippen LogP contribution in [-0.4, -0.2) is 14.2 Å². The minimum absolute atomic E-state index is 0.0456. The molecule has 2 unspecified atom stereocenters. The molecule has 6 aliphatic rings. The summed E-state index contributed by atoms with van der Waals surface area (Å²) in [5.41, 5.74) is 20.1. The number of fused-ring (bicyclic) bond motifs is 23. The Balaban J connectivity index is 1.11. The Kier molecular flexibility index (Phi) is 6.27. The van der Waals surface area contributed by atoms with Gasteiger partial charge in [-0.15, -0.1) is 0 Å². The van der Waals surface area contributed by atoms with Crippen molar-refractivity contribution >= 4 is 45.9 Å². The van der Waals surface area contributed by atoms with Gasteiger partial charge >= 0.3 is 0 Å². The molecule has 0 N–H and O–H groups in total. The van der Waals surface area contributed by atoms with E-state index < -0.39 is 13.5 Å². The van der Waals surface area contributed by atoms with Gasteiger partial charge in [-0.05, 0) is 115 Å². The Morgan fingerprint density at radius 1 is 0.483 bits per heavy atom. The van der Waals surface area contributed by atoms with E-state index in [2.05, 4.69) is 207 Å². The summed E-state index contributed by atoms with van der Waals surface area (Å²) in [6.45, 7) is 4.47. The van der Waals surface area contributed by atoms with Crippen molar-refractivity contribution in [2.75, 3.05) is 4.90 Å². The molecule has 2 atom stereocenters. The van der Waals surface area contributed by atoms with Crippen LogP contribution in [0.3, 0.4) is 0 Å². The minimum Gasteiger partial charge on any atom is -0.483 e. The number of ether oxygens (including phenoxy) is 1. The van der Waals surface area contributed by atoms with Crippen LogP contribution in [0.2, 0.25) is 0 Å². The van der Waals surface area contributed by atoms with Crippen molar-refractivity contribution in [3.8, 4) is 39.1 Å². The Labute approximate surface area is 351 Å². The van der Waals surface area contributed by atoms with Crippen LogP contribution < -0.4 is 30.4 Å². The molecule has 0 fully saturated rings. The van der Waals surface area contributed by atoms with Crippen LogP contribution in [0, 0.1) is 13.8 Å². The molecule has 3 heteroatoms. The first kappa shape index (κ1) is 33.0. The van der Waals surface area contributed by atoms with Crippen molar-refractivity contribution in [3.63, 3.8) is 0 Å². The fourth-order valence-electron chi connectivity index (χ4n) is 12.5. The van der Waals surface area contributed by atoms with Crippen molar-refractivity contribution in [3.05, 3.63) is 227 Å². The van der Waals surface area contributed by atoms with Gasteiger partial charge in [0.2, 0.25) is 0 Å². The van der Waals surface area contributed by atoms with Crippen molar-refractivity contribution in [2.45, 2.75) is 31.3 Å². The monoisotopic (exact) mass is 781 g/mol. The van der Waals surface area contributed by atoms with E-state index in [0.29, 0.717) is 0 Å². The molecule has 0 amide bonds. The zero-order valence-electron chi connectivity index (χ0n) is 33.4. The predicted molar refractivity (Wildman–Crippen MR) is 249 cm³/mol. The minimum atomic E-state index is -2.69. The summed E-state index contributed by atoms with van der Waals surface area (Å²) in [7, 11) is -2.69. The van der Waals surface area contributed by atoms with E-state index in [9.17, 15) is 0 Å². The standard InChI is InChI=1S/C57H39NOSi/c1-34-23-26-37-38-27-24-35(2)32-48(38)57(47(37)31-34)45-17-7-8-18-49(45)58(55-46(57)30-29-44-39-13-3-9-19-50(39)59-56(44)55)36-25-28-43-42-16-6-12-22-53(42)60(54(43)33-36)51-20-10-4-14-40(51)41-15-5-11-21-52(41)60/h3-33,39,50H,1-2H3. The highest BCUT2D eigenvalue weighted by Gasteiger charge is 2.56. The second-order valence-corrected chi connectivity index (χ2v) is 21.2. The van der Waals surface area contributed by atoms with Crippen LogP contribution in [0.5, 0.6) is 5.75 Å². The van der Waals surface area contributed by atoms with E-state index in [1.165, 1.54) is 104 Å². The Hall–Kier alpha value is -6.94. The lowest BCUT2D eigenvalue weighted by atomic mass is 9.64. The molecule has 2 spiro atoms. The van der Waals surface area contributed by atoms with Crippen LogP contribution in [-0.2, 0) is 5.41 Å². The molecule has 14 rings (SSSR count). The molecule has 8 aromatic carbocycles. The third-order valence-electron chi connectivity index (χ3n) is 14.7. The third-order valence-corrected chi connectivity index (χ3v) is 19.7. The Morgan fingerprint density at radius 3 is 1.72 bits per heavy atom. The number of benzene rings is 8. The maximum atomic E-state index is 7.26. The number of para-hydroxylation sites is 1. The molecule has 2 nitrogen and oxygen atoms in total. The molecule has 282 valence electrons. The number of rotatable bonds is 1. The molecular formula is C57H39NOSi. The quantitative estimate of drug-likeness (QED) is 0.154. The SMILES string of the molecule is Cc1ccc2c(c1)C1(c3cc(C)ccc3-2)c2ccccc2N(c2ccc3c(c2)[Si]2(c4ccccc4-c4ccccc42)c2ccccc2-3)c2c1ccc1c2OC2C=CC=CC12. The van der Waals surface area contributed by atoms with Gasteiger partial charge in [0.15, 0.2) is 8.07 Å². The molecular weight excluding hydrogens is 743 g/mol. The van der Waals surface area contributed by atoms with Gasteiger partial charge in [-0.2, -0.15) is 0 Å². The summed E-state index contributed by atoms with van der Waals surface area (Å²) >= 11 is 0. The van der Waals surface area contributed by atoms with Gasteiger partial charge in [0, 0.05) is 17.2 Å². The first-order chi connectivity index (χ1) is 29.6. The average molecular weight is 782 g/mol. The Morgan fingerprint density at radius 2 is 1.05 bits per heavy atom. The largest absolute Gasteiger partial charge is 0.483 e. The zero-order valence-corrected chi connectivity index (χ0v) is 34.4. The number of nitrogens with zero attached hydrogens (tertiary/aromatic N) is 1. The summed E-state index contributed by atoms with van der Waals surface area (Å²) in [5, 5.41) is 5.94. The highest BCUT2D eigenvalue weighted by Crippen LogP contribution is 2.66. The van der Waals surface area contributed by atoms with Gasteiger partial charge in [-0.3, -0.25) is 0 Å². The molecule has 4 aliphatic heterocycles. The Bertz CT molecular complexity index is 3200. The number of allylic oxidation sites excluding steroid dienone is 2. The first-order valence-electron chi connectivity index (χ1n) is 21.3. The van der Waals surface area contributed by atoms with Crippen molar-refractivity contribution in [1.82, 2.24) is 0 Å². The molecule has 4 heterocycles. The summed E-state index contributed by atoms with van der Waals surface area (Å²) < 4.78 is 7.26. The van der Waals surface area contributed by atoms with Gasteiger partial charge < -0.3 is 9.64 Å². The maximum absolute atomic E-state index is 7.26. The molecule has 2 aliphatic carbocycles. The van der Waals surface area contributed by atoms with E-state index in [4.69, 9.17) is 4.74 Å². The lowest BCUT2D eigenvalue weighted by Gasteiger charge is -2.45. The first-order valence-corrected chi connectivity index (χ1v) is 23.3. The highest BCUT2D eigenvalue weighted by molar-refractivity contribution is 7.24. The predicted octanol–water partition coefficient (Wildman–Crippen LogP) is 10.8. The molecule has 0 saturated carbocycles. The highest BCUT2D eigenvalue weighted by atomic mass is 28.3. The molecule has 8 aromatic rings. The summed E-state index contributed by atoms with van der Waals surface area (Å²) in [5.74, 6) is 1.16. The average Bonchev–Trinajstić information content (AvgIpc) is 3.99. The van der Waals surface area contributed by atoms with Gasteiger partial charge in [0.05, 0.1) is 16.8 Å². The maximum Gasteiger partial charge on any atom is 0.182 e. The summed E-state index contributed by atoms with van der Waals surface area (Å²) in [6.07, 6.45) is 8.84. The number of hydrogen-bond acceptors (Lipinski definition) is 2. The van der Waals surface area contributed by atoms with Gasteiger partial charge in [-0.1, -0.05) is 175 Å². The molecule has 0 aromatic heterocycles. The van der Waals surface area contributed by atoms with Crippen LogP contribution >= 0.6 is 0 Å². The zero-order chi connectivity index (χ0) is 39.5. The molecule has 60 heavy (non-hydrogen) atoms. The smallest absolute Gasteiger partial charge is 0.182 e. The number of anilines is 3. The van der Waals surface area contributed by atoms with E-state index in [1.807, 2.05) is 0 Å². The molecule has 0 bridgehead atoms. The molecule has 0 radical (unpaired) electrons. The second kappa shape index (κ2) is 11.4. The third kappa shape index (κ3) is 3.78. The van der Waals surface area contributed by atoms with Crippen LogP contribution in [0.4, 0.5) is 17.1 Å². The molecule has 0 saturated heterocycles. The van der Waals surface area contributed by atoms with E-state index >= 15 is 0 Å². The summed E-state index contributed by atoms with van der Waals surface area (Å²) in [4.78, 5) is 2.58. The fourth-order valence-corrected chi connectivity index (χ4v) is 18.1. The van der Waals surface area contributed by atoms with E-state index in [1.54, 1.807) is 0 Å². The van der Waals surface area contributed by atoms with Crippen LogP contribution in [0.1, 0.15) is 44.9 Å². The van der Waals surface area contributed by atoms with E-state index in [0.717, 1.165) is 11.4 Å². The topological polar surface area (TPSA) is 12.5 Å². The summed E-state index contributed by atoms with van der Waals surface area (Å²) in [6, 6.07) is 63.4. The van der Waals surface area contributed by atoms with Gasteiger partial charge in [-0.25, -0.2) is 0 Å². The van der Waals surface area contributed by atoms with Gasteiger partial charge in [0.1, 0.15) is 11.9 Å². The van der Waals surface area contributed by atoms with Crippen LogP contribution in [0.15, 0.2) is 188 Å². The van der Waals surface area contributed by atoms with E-state index in [-0.39, 0.29) is 12.0 Å². The van der Waals surface area contributed by atoms with Crippen molar-refractivity contribution < 1.29 is 4.74 Å². The normalized spacial score (nSPS) is 18.7. The van der Waals surface area contributed by atoms with Crippen molar-refractivity contribution in [2.24, 2.45) is 0 Å². The lowest BCUT2D eigenvalue weighted by molar-refractivity contribution is 0.269. The second-order valence-electron chi connectivity index (χ2n) is 17.6. The van der Waals surface area contributed by atoms with Crippen LogP contribution in [0.25, 0.3) is 33.4 Å². The number of hydrogen-bond donors (Lipinski definition) is 0. The van der Waals surface area contributed by atoms with Crippen molar-refractivity contribution in [1.29, 1.82) is 0 Å². The lowest BCUT2D eigenvalue weighted by Crippen LogP contribution is -2.70. The van der Waals surface area contributed by atoms with Gasteiger partial charge in [0.25, 0.3) is 0 Å². The number of aryl methyl sites for hydroxylation is 2.